The molecule has 0 aliphatic rings. The maximum Gasteiger partial charge on any atom is 0.323 e. The quantitative estimate of drug-likeness (QED) is 0.560. The van der Waals surface area contributed by atoms with Crippen LogP contribution in [0.4, 0.5) is 0 Å². The van der Waals surface area contributed by atoms with Gasteiger partial charge in [-0.1, -0.05) is 0 Å². The number of nitrogens with one attached hydrogen (secondary N) is 2. The molecule has 2 unspecified atom stereocenters. The summed E-state index contributed by atoms with van der Waals surface area (Å²) in [5.74, 6) is -1.21. The molecule has 1 amide bonds. The summed E-state index contributed by atoms with van der Waals surface area (Å²) in [5, 5.41) is 14.6. The van der Waals surface area contributed by atoms with Gasteiger partial charge in [0.25, 0.3) is 0 Å². The molecule has 0 aromatic carbocycles. The molecule has 100 valence electrons. The first kappa shape index (κ1) is 15.9. The average Bonchev–Trinajstić information content (AvgIpc) is 2.26. The fourth-order valence-electron chi connectivity index (χ4n) is 1.42. The number of amides is 1. The van der Waals surface area contributed by atoms with Crippen LogP contribution in [-0.2, 0) is 14.3 Å². The van der Waals surface area contributed by atoms with Crippen LogP contribution in [0.1, 0.15) is 27.2 Å². The van der Waals surface area contributed by atoms with Crippen LogP contribution in [0.15, 0.2) is 0 Å². The molecule has 0 fully saturated rings. The Balaban J connectivity index is 4.53. The summed E-state index contributed by atoms with van der Waals surface area (Å²) in [6.07, 6.45) is 0.294. The van der Waals surface area contributed by atoms with Gasteiger partial charge in [0, 0.05) is 20.3 Å². The lowest BCUT2D eigenvalue weighted by Crippen LogP contribution is -2.57. The molecule has 0 bridgehead atoms. The molecule has 0 heterocycles. The Morgan fingerprint density at radius 3 is 2.47 bits per heavy atom. The lowest BCUT2D eigenvalue weighted by atomic mass is 9.97. The molecule has 6 heteroatoms. The number of carbonyl (C=O) groups is 2. The molecule has 0 aromatic heterocycles. The maximum atomic E-state index is 11.5. The van der Waals surface area contributed by atoms with E-state index in [9.17, 15) is 9.59 Å². The van der Waals surface area contributed by atoms with Gasteiger partial charge in [0.1, 0.15) is 5.54 Å². The van der Waals surface area contributed by atoms with E-state index < -0.39 is 17.6 Å². The highest BCUT2D eigenvalue weighted by atomic mass is 16.5. The number of ether oxygens (including phenoxy) is 1. The first-order chi connectivity index (χ1) is 7.87. The molecule has 6 nitrogen and oxygen atoms in total. The minimum atomic E-state index is -1.17. The Hall–Kier alpha value is -1.14. The van der Waals surface area contributed by atoms with E-state index in [0.717, 1.165) is 0 Å². The molecule has 17 heavy (non-hydrogen) atoms. The van der Waals surface area contributed by atoms with E-state index in [1.807, 2.05) is 6.92 Å². The lowest BCUT2D eigenvalue weighted by Gasteiger charge is -2.29. The predicted octanol–water partition coefficient (Wildman–Crippen LogP) is -0.0196. The van der Waals surface area contributed by atoms with Gasteiger partial charge in [-0.3, -0.25) is 14.9 Å². The van der Waals surface area contributed by atoms with E-state index in [0.29, 0.717) is 19.6 Å². The zero-order chi connectivity index (χ0) is 13.5. The average molecular weight is 246 g/mol. The zero-order valence-electron chi connectivity index (χ0n) is 10.9. The smallest absolute Gasteiger partial charge is 0.323 e. The number of methoxy groups -OCH3 is 1. The van der Waals surface area contributed by atoms with Crippen molar-refractivity contribution in [1.82, 2.24) is 10.6 Å². The minimum Gasteiger partial charge on any atom is -0.480 e. The van der Waals surface area contributed by atoms with Crippen molar-refractivity contribution in [3.8, 4) is 0 Å². The first-order valence-electron chi connectivity index (χ1n) is 5.65. The maximum absolute atomic E-state index is 11.5. The fraction of sp³-hybridized carbons (Fsp3) is 0.818. The Labute approximate surface area is 102 Å². The summed E-state index contributed by atoms with van der Waals surface area (Å²) in [6.45, 7) is 5.83. The molecule has 0 saturated carbocycles. The second-order valence-electron chi connectivity index (χ2n) is 4.14. The third-order valence-electron chi connectivity index (χ3n) is 2.56. The SMILES string of the molecule is CCNC(=O)C(C)NC(C)(CCOC)C(=O)O. The van der Waals surface area contributed by atoms with Crippen molar-refractivity contribution < 1.29 is 19.4 Å². The summed E-state index contributed by atoms with van der Waals surface area (Å²) in [5.41, 5.74) is -1.17. The number of carboxylic acid groups (broad SMARTS) is 1. The van der Waals surface area contributed by atoms with Crippen molar-refractivity contribution in [2.75, 3.05) is 20.3 Å². The van der Waals surface area contributed by atoms with E-state index in [1.165, 1.54) is 7.11 Å². The third-order valence-corrected chi connectivity index (χ3v) is 2.56. The Morgan fingerprint density at radius 1 is 1.47 bits per heavy atom. The predicted molar refractivity (Wildman–Crippen MR) is 63.8 cm³/mol. The summed E-state index contributed by atoms with van der Waals surface area (Å²) >= 11 is 0. The number of aliphatic carboxylic acids is 1. The molecule has 0 rings (SSSR count). The van der Waals surface area contributed by atoms with Crippen molar-refractivity contribution in [3.05, 3.63) is 0 Å². The van der Waals surface area contributed by atoms with Gasteiger partial charge in [-0.05, 0) is 27.2 Å². The highest BCUT2D eigenvalue weighted by Crippen LogP contribution is 2.11. The van der Waals surface area contributed by atoms with Crippen LogP contribution in [0.5, 0.6) is 0 Å². The number of carbonyl (C=O) groups excluding carboxylic acids is 1. The molecule has 3 N–H and O–H groups in total. The molecule has 2 atom stereocenters. The van der Waals surface area contributed by atoms with Gasteiger partial charge >= 0.3 is 5.97 Å². The molecule has 0 spiro atoms. The normalized spacial score (nSPS) is 16.0. The van der Waals surface area contributed by atoms with E-state index in [2.05, 4.69) is 10.6 Å². The van der Waals surface area contributed by atoms with Crippen LogP contribution in [0.2, 0.25) is 0 Å². The molecule has 0 saturated heterocycles. The highest BCUT2D eigenvalue weighted by Gasteiger charge is 2.35. The second kappa shape index (κ2) is 7.24. The largest absolute Gasteiger partial charge is 0.480 e. The van der Waals surface area contributed by atoms with Crippen LogP contribution >= 0.6 is 0 Å². The number of likely N-dealkylation sites (N-methyl/N-ethyl adjacent to an activating group) is 1. The summed E-state index contributed by atoms with van der Waals surface area (Å²) in [6, 6.07) is -0.562. The first-order valence-corrected chi connectivity index (χ1v) is 5.65. The van der Waals surface area contributed by atoms with Crippen molar-refractivity contribution >= 4 is 11.9 Å². The van der Waals surface area contributed by atoms with Gasteiger partial charge in [0.2, 0.25) is 5.91 Å². The van der Waals surface area contributed by atoms with Crippen LogP contribution < -0.4 is 10.6 Å². The molecule has 0 aliphatic carbocycles. The van der Waals surface area contributed by atoms with E-state index >= 15 is 0 Å². The van der Waals surface area contributed by atoms with Gasteiger partial charge < -0.3 is 15.2 Å². The summed E-state index contributed by atoms with van der Waals surface area (Å²) < 4.78 is 4.87. The fourth-order valence-corrected chi connectivity index (χ4v) is 1.42. The van der Waals surface area contributed by atoms with E-state index in [1.54, 1.807) is 13.8 Å². The number of rotatable bonds is 8. The number of hydrogen-bond donors (Lipinski definition) is 3. The van der Waals surface area contributed by atoms with Gasteiger partial charge in [-0.25, -0.2) is 0 Å². The van der Waals surface area contributed by atoms with Crippen molar-refractivity contribution in [1.29, 1.82) is 0 Å². The molecule has 0 aromatic rings. The van der Waals surface area contributed by atoms with Gasteiger partial charge in [-0.2, -0.15) is 0 Å². The number of hydrogen-bond acceptors (Lipinski definition) is 4. The lowest BCUT2D eigenvalue weighted by molar-refractivity contribution is -0.145. The van der Waals surface area contributed by atoms with Crippen molar-refractivity contribution in [3.63, 3.8) is 0 Å². The molecular weight excluding hydrogens is 224 g/mol. The Morgan fingerprint density at radius 2 is 2.06 bits per heavy atom. The highest BCUT2D eigenvalue weighted by molar-refractivity contribution is 5.84. The second-order valence-corrected chi connectivity index (χ2v) is 4.14. The topological polar surface area (TPSA) is 87.7 Å². The summed E-state index contributed by atoms with van der Waals surface area (Å²) in [4.78, 5) is 22.7. The van der Waals surface area contributed by atoms with Crippen LogP contribution in [0.25, 0.3) is 0 Å². The standard InChI is InChI=1S/C11H22N2O4/c1-5-12-9(14)8(2)13-11(3,10(15)16)6-7-17-4/h8,13H,5-7H2,1-4H3,(H,12,14)(H,15,16). The van der Waals surface area contributed by atoms with Crippen LogP contribution in [0.3, 0.4) is 0 Å². The van der Waals surface area contributed by atoms with Gasteiger partial charge in [0.05, 0.1) is 6.04 Å². The Bertz CT molecular complexity index is 268. The van der Waals surface area contributed by atoms with E-state index in [-0.39, 0.29) is 5.91 Å². The third kappa shape index (κ3) is 5.14. The van der Waals surface area contributed by atoms with E-state index in [4.69, 9.17) is 9.84 Å². The summed E-state index contributed by atoms with van der Waals surface area (Å²) in [7, 11) is 1.51. The Kier molecular flexibility index (Phi) is 6.75. The van der Waals surface area contributed by atoms with Crippen molar-refractivity contribution in [2.24, 2.45) is 0 Å². The van der Waals surface area contributed by atoms with Gasteiger partial charge in [-0.15, -0.1) is 0 Å². The van der Waals surface area contributed by atoms with Crippen LogP contribution in [-0.4, -0.2) is 48.8 Å². The zero-order valence-corrected chi connectivity index (χ0v) is 10.9. The monoisotopic (exact) mass is 246 g/mol. The molecular formula is C11H22N2O4. The molecule has 0 aliphatic heterocycles. The van der Waals surface area contributed by atoms with Crippen molar-refractivity contribution in [2.45, 2.75) is 38.8 Å². The van der Waals surface area contributed by atoms with Gasteiger partial charge in [0.15, 0.2) is 0 Å². The minimum absolute atomic E-state index is 0.211. The number of carboxylic acids is 1. The van der Waals surface area contributed by atoms with Crippen LogP contribution in [0, 0.1) is 0 Å². The molecule has 0 radical (unpaired) electrons.